The van der Waals surface area contributed by atoms with Gasteiger partial charge in [-0.1, -0.05) is 31.5 Å². The van der Waals surface area contributed by atoms with Crippen molar-refractivity contribution in [1.82, 2.24) is 0 Å². The summed E-state index contributed by atoms with van der Waals surface area (Å²) in [6, 6.07) is 4.38. The van der Waals surface area contributed by atoms with Gasteiger partial charge in [-0.2, -0.15) is 0 Å². The Hall–Kier alpha value is -1.02. The van der Waals surface area contributed by atoms with Gasteiger partial charge in [0.2, 0.25) is 0 Å². The smallest absolute Gasteiger partial charge is 0.125 e. The summed E-state index contributed by atoms with van der Waals surface area (Å²) in [5.41, 5.74) is 9.62. The lowest BCUT2D eigenvalue weighted by molar-refractivity contribution is 0.257. The Balaban J connectivity index is 2.74. The summed E-state index contributed by atoms with van der Waals surface area (Å²) in [6.07, 6.45) is 0. The Morgan fingerprint density at radius 3 is 2.06 bits per heavy atom. The van der Waals surface area contributed by atoms with Gasteiger partial charge in [-0.3, -0.25) is 0 Å². The van der Waals surface area contributed by atoms with E-state index in [1.807, 2.05) is 0 Å². The summed E-state index contributed by atoms with van der Waals surface area (Å²) in [6.45, 7) is 11.1. The number of ether oxygens (including phenoxy) is 1. The number of hydrogen-bond acceptors (Lipinski definition) is 2. The van der Waals surface area contributed by atoms with Crippen molar-refractivity contribution in [2.45, 2.75) is 40.7 Å². The standard InChI is InChI=1S/C14H23NO/c1-9(2)13(15)8-16-14-11(4)6-10(3)7-12(14)5/h6-7,9,13H,8,15H2,1-5H3. The van der Waals surface area contributed by atoms with E-state index in [2.05, 4.69) is 46.8 Å². The van der Waals surface area contributed by atoms with Crippen molar-refractivity contribution in [3.63, 3.8) is 0 Å². The Bertz CT molecular complexity index is 335. The third-order valence-corrected chi connectivity index (χ3v) is 2.88. The van der Waals surface area contributed by atoms with E-state index in [0.717, 1.165) is 5.75 Å². The molecule has 16 heavy (non-hydrogen) atoms. The van der Waals surface area contributed by atoms with Crippen LogP contribution in [0.3, 0.4) is 0 Å². The normalized spacial score (nSPS) is 12.9. The van der Waals surface area contributed by atoms with Gasteiger partial charge < -0.3 is 10.5 Å². The van der Waals surface area contributed by atoms with E-state index in [0.29, 0.717) is 12.5 Å². The maximum Gasteiger partial charge on any atom is 0.125 e. The van der Waals surface area contributed by atoms with Crippen molar-refractivity contribution in [2.24, 2.45) is 11.7 Å². The SMILES string of the molecule is Cc1cc(C)c(OCC(N)C(C)C)c(C)c1. The Labute approximate surface area is 98.8 Å². The molecule has 1 atom stereocenters. The van der Waals surface area contributed by atoms with Gasteiger partial charge in [-0.25, -0.2) is 0 Å². The van der Waals surface area contributed by atoms with Crippen LogP contribution in [0.4, 0.5) is 0 Å². The zero-order valence-corrected chi connectivity index (χ0v) is 11.0. The molecule has 1 rings (SSSR count). The number of aryl methyl sites for hydroxylation is 3. The first-order valence-corrected chi connectivity index (χ1v) is 5.88. The molecule has 1 unspecified atom stereocenters. The van der Waals surface area contributed by atoms with Crippen LogP contribution in [0.15, 0.2) is 12.1 Å². The third-order valence-electron chi connectivity index (χ3n) is 2.88. The molecule has 0 bridgehead atoms. The molecule has 2 heteroatoms. The number of benzene rings is 1. The van der Waals surface area contributed by atoms with Gasteiger partial charge in [-0.05, 0) is 37.8 Å². The van der Waals surface area contributed by atoms with Crippen LogP contribution in [-0.2, 0) is 0 Å². The highest BCUT2D eigenvalue weighted by Crippen LogP contribution is 2.24. The minimum atomic E-state index is 0.0973. The molecular weight excluding hydrogens is 198 g/mol. The van der Waals surface area contributed by atoms with E-state index in [1.54, 1.807) is 0 Å². The second-order valence-corrected chi connectivity index (χ2v) is 4.95. The van der Waals surface area contributed by atoms with Crippen molar-refractivity contribution >= 4 is 0 Å². The average molecular weight is 221 g/mol. The van der Waals surface area contributed by atoms with Crippen LogP contribution < -0.4 is 10.5 Å². The fourth-order valence-corrected chi connectivity index (χ4v) is 1.77. The van der Waals surface area contributed by atoms with E-state index >= 15 is 0 Å². The lowest BCUT2D eigenvalue weighted by Crippen LogP contribution is -2.33. The first-order valence-electron chi connectivity index (χ1n) is 5.88. The molecule has 0 heterocycles. The highest BCUT2D eigenvalue weighted by atomic mass is 16.5. The number of hydrogen-bond donors (Lipinski definition) is 1. The molecule has 1 aromatic rings. The Kier molecular flexibility index (Phi) is 4.36. The minimum Gasteiger partial charge on any atom is -0.491 e. The van der Waals surface area contributed by atoms with Crippen molar-refractivity contribution < 1.29 is 4.74 Å². The molecule has 0 spiro atoms. The van der Waals surface area contributed by atoms with Crippen molar-refractivity contribution in [2.75, 3.05) is 6.61 Å². The molecule has 1 aromatic carbocycles. The van der Waals surface area contributed by atoms with Crippen LogP contribution in [0.1, 0.15) is 30.5 Å². The maximum atomic E-state index is 5.97. The van der Waals surface area contributed by atoms with Gasteiger partial charge in [0.25, 0.3) is 0 Å². The van der Waals surface area contributed by atoms with Gasteiger partial charge in [0.1, 0.15) is 12.4 Å². The summed E-state index contributed by atoms with van der Waals surface area (Å²) in [5, 5.41) is 0. The van der Waals surface area contributed by atoms with Crippen molar-refractivity contribution in [3.05, 3.63) is 28.8 Å². The predicted octanol–water partition coefficient (Wildman–Crippen LogP) is 2.97. The zero-order chi connectivity index (χ0) is 12.3. The Morgan fingerprint density at radius 2 is 1.62 bits per heavy atom. The molecule has 0 saturated carbocycles. The van der Waals surface area contributed by atoms with E-state index in [1.165, 1.54) is 16.7 Å². The summed E-state index contributed by atoms with van der Waals surface area (Å²) < 4.78 is 5.82. The van der Waals surface area contributed by atoms with E-state index in [9.17, 15) is 0 Å². The first-order chi connectivity index (χ1) is 7.41. The quantitative estimate of drug-likeness (QED) is 0.848. The molecule has 0 aromatic heterocycles. The monoisotopic (exact) mass is 221 g/mol. The molecule has 0 amide bonds. The van der Waals surface area contributed by atoms with Gasteiger partial charge >= 0.3 is 0 Å². The fourth-order valence-electron chi connectivity index (χ4n) is 1.77. The zero-order valence-electron chi connectivity index (χ0n) is 11.0. The van der Waals surface area contributed by atoms with Gasteiger partial charge in [-0.15, -0.1) is 0 Å². The third kappa shape index (κ3) is 3.24. The van der Waals surface area contributed by atoms with Crippen LogP contribution in [0.2, 0.25) is 0 Å². The second-order valence-electron chi connectivity index (χ2n) is 4.95. The van der Waals surface area contributed by atoms with Crippen molar-refractivity contribution in [3.8, 4) is 5.75 Å². The molecule has 0 aliphatic heterocycles. The summed E-state index contributed by atoms with van der Waals surface area (Å²) >= 11 is 0. The molecule has 0 radical (unpaired) electrons. The van der Waals surface area contributed by atoms with Gasteiger partial charge in [0, 0.05) is 6.04 Å². The minimum absolute atomic E-state index is 0.0973. The van der Waals surface area contributed by atoms with Crippen LogP contribution in [0.25, 0.3) is 0 Å². The molecule has 2 nitrogen and oxygen atoms in total. The van der Waals surface area contributed by atoms with Crippen LogP contribution in [0, 0.1) is 26.7 Å². The first kappa shape index (κ1) is 13.0. The number of rotatable bonds is 4. The molecular formula is C14H23NO. The lowest BCUT2D eigenvalue weighted by Gasteiger charge is -2.19. The summed E-state index contributed by atoms with van der Waals surface area (Å²) in [7, 11) is 0. The molecule has 0 saturated heterocycles. The topological polar surface area (TPSA) is 35.2 Å². The number of nitrogens with two attached hydrogens (primary N) is 1. The van der Waals surface area contributed by atoms with E-state index in [-0.39, 0.29) is 6.04 Å². The molecule has 0 aliphatic rings. The Morgan fingerprint density at radius 1 is 1.12 bits per heavy atom. The average Bonchev–Trinajstić information content (AvgIpc) is 2.15. The van der Waals surface area contributed by atoms with Crippen LogP contribution >= 0.6 is 0 Å². The molecule has 0 fully saturated rings. The van der Waals surface area contributed by atoms with Gasteiger partial charge in [0.15, 0.2) is 0 Å². The van der Waals surface area contributed by atoms with Crippen LogP contribution in [0.5, 0.6) is 5.75 Å². The molecule has 2 N–H and O–H groups in total. The predicted molar refractivity (Wildman–Crippen MR) is 69.0 cm³/mol. The largest absolute Gasteiger partial charge is 0.491 e. The summed E-state index contributed by atoms with van der Waals surface area (Å²) in [4.78, 5) is 0. The summed E-state index contributed by atoms with van der Waals surface area (Å²) in [5.74, 6) is 1.44. The fraction of sp³-hybridized carbons (Fsp3) is 0.571. The van der Waals surface area contributed by atoms with E-state index in [4.69, 9.17) is 10.5 Å². The molecule has 90 valence electrons. The molecule has 0 aliphatic carbocycles. The van der Waals surface area contributed by atoms with Crippen LogP contribution in [-0.4, -0.2) is 12.6 Å². The van der Waals surface area contributed by atoms with Crippen molar-refractivity contribution in [1.29, 1.82) is 0 Å². The highest BCUT2D eigenvalue weighted by molar-refractivity contribution is 5.42. The van der Waals surface area contributed by atoms with E-state index < -0.39 is 0 Å². The second kappa shape index (κ2) is 5.35. The maximum absolute atomic E-state index is 5.97. The van der Waals surface area contributed by atoms with Gasteiger partial charge in [0.05, 0.1) is 0 Å². The lowest BCUT2D eigenvalue weighted by atomic mass is 10.1. The highest BCUT2D eigenvalue weighted by Gasteiger charge is 2.10.